The van der Waals surface area contributed by atoms with Crippen LogP contribution in [0.2, 0.25) is 0 Å². The Balaban J connectivity index is 0.00000264. The van der Waals surface area contributed by atoms with Gasteiger partial charge < -0.3 is 10.6 Å². The molecule has 3 atom stereocenters. The smallest absolute Gasteiger partial charge is 0.234 e. The van der Waals surface area contributed by atoms with Crippen molar-refractivity contribution in [2.24, 2.45) is 17.8 Å². The molecule has 2 aliphatic rings. The normalized spacial score (nSPS) is 29.8. The molecule has 0 bridgehead atoms. The van der Waals surface area contributed by atoms with Crippen molar-refractivity contribution in [2.45, 2.75) is 58.9 Å². The molecule has 1 aliphatic heterocycles. The second-order valence-electron chi connectivity index (χ2n) is 7.47. The molecule has 0 aromatic rings. The average Bonchev–Trinajstić information content (AvgIpc) is 2.51. The number of carbonyl (C=O) groups excluding carboxylic acids is 1. The summed E-state index contributed by atoms with van der Waals surface area (Å²) in [6.07, 6.45) is 6.16. The van der Waals surface area contributed by atoms with Crippen molar-refractivity contribution in [1.82, 2.24) is 15.5 Å². The molecule has 23 heavy (non-hydrogen) atoms. The summed E-state index contributed by atoms with van der Waals surface area (Å²) in [7, 11) is 0. The lowest BCUT2D eigenvalue weighted by molar-refractivity contribution is -0.124. The molecular weight excluding hydrogens is 310 g/mol. The van der Waals surface area contributed by atoms with Crippen LogP contribution in [0, 0.1) is 17.8 Å². The van der Waals surface area contributed by atoms with Gasteiger partial charge in [0, 0.05) is 6.04 Å². The fraction of sp³-hybridized carbons (Fsp3) is 0.944. The number of hydrogen-bond acceptors (Lipinski definition) is 3. The van der Waals surface area contributed by atoms with E-state index in [0.29, 0.717) is 18.5 Å². The number of piperidine rings is 1. The molecule has 1 saturated heterocycles. The second-order valence-corrected chi connectivity index (χ2v) is 7.47. The lowest BCUT2D eigenvalue weighted by Crippen LogP contribution is -2.48. The van der Waals surface area contributed by atoms with E-state index in [9.17, 15) is 4.79 Å². The second kappa shape index (κ2) is 10.5. The molecule has 3 unspecified atom stereocenters. The first-order valence-corrected chi connectivity index (χ1v) is 9.32. The molecule has 1 heterocycles. The molecule has 0 aromatic heterocycles. The summed E-state index contributed by atoms with van der Waals surface area (Å²) in [5.74, 6) is 2.37. The lowest BCUT2D eigenvalue weighted by atomic mass is 9.78. The van der Waals surface area contributed by atoms with E-state index in [4.69, 9.17) is 0 Å². The molecule has 1 amide bonds. The van der Waals surface area contributed by atoms with E-state index >= 15 is 0 Å². The van der Waals surface area contributed by atoms with E-state index in [2.05, 4.69) is 36.3 Å². The minimum absolute atomic E-state index is 0. The zero-order valence-corrected chi connectivity index (χ0v) is 16.0. The Morgan fingerprint density at radius 2 is 1.83 bits per heavy atom. The number of nitrogens with one attached hydrogen (secondary N) is 2. The van der Waals surface area contributed by atoms with Crippen LogP contribution in [0.1, 0.15) is 52.9 Å². The van der Waals surface area contributed by atoms with Crippen LogP contribution < -0.4 is 10.6 Å². The number of nitrogens with zero attached hydrogens (tertiary/aromatic N) is 1. The van der Waals surface area contributed by atoms with Gasteiger partial charge in [0.15, 0.2) is 0 Å². The summed E-state index contributed by atoms with van der Waals surface area (Å²) in [5, 5.41) is 6.74. The zero-order valence-electron chi connectivity index (χ0n) is 15.1. The minimum Gasteiger partial charge on any atom is -0.352 e. The number of hydrogen-bond donors (Lipinski definition) is 2. The number of likely N-dealkylation sites (tertiary alicyclic amines) is 1. The fourth-order valence-corrected chi connectivity index (χ4v) is 3.94. The minimum atomic E-state index is 0. The van der Waals surface area contributed by atoms with Gasteiger partial charge in [-0.3, -0.25) is 9.69 Å². The molecule has 5 heteroatoms. The molecule has 0 spiro atoms. The Morgan fingerprint density at radius 1 is 1.13 bits per heavy atom. The van der Waals surface area contributed by atoms with Gasteiger partial charge in [-0.25, -0.2) is 0 Å². The maximum absolute atomic E-state index is 12.3. The number of rotatable bonds is 6. The van der Waals surface area contributed by atoms with E-state index in [1.807, 2.05) is 0 Å². The first kappa shape index (κ1) is 20.7. The van der Waals surface area contributed by atoms with Crippen molar-refractivity contribution >= 4 is 18.3 Å². The zero-order chi connectivity index (χ0) is 15.9. The van der Waals surface area contributed by atoms with E-state index in [-0.39, 0.29) is 18.3 Å². The number of amides is 1. The average molecular weight is 346 g/mol. The van der Waals surface area contributed by atoms with Crippen molar-refractivity contribution in [3.05, 3.63) is 0 Å². The fourth-order valence-electron chi connectivity index (χ4n) is 3.94. The highest BCUT2D eigenvalue weighted by Crippen LogP contribution is 2.29. The van der Waals surface area contributed by atoms with Crippen LogP contribution >= 0.6 is 12.4 Å². The van der Waals surface area contributed by atoms with Gasteiger partial charge in [0.1, 0.15) is 0 Å². The van der Waals surface area contributed by atoms with Crippen LogP contribution in [0.25, 0.3) is 0 Å². The van der Waals surface area contributed by atoms with E-state index in [0.717, 1.165) is 44.4 Å². The molecule has 1 saturated carbocycles. The Kier molecular flexibility index (Phi) is 9.48. The van der Waals surface area contributed by atoms with Crippen molar-refractivity contribution in [2.75, 3.05) is 32.7 Å². The Hall–Kier alpha value is -0.320. The van der Waals surface area contributed by atoms with Gasteiger partial charge in [-0.1, -0.05) is 33.6 Å². The van der Waals surface area contributed by atoms with Crippen LogP contribution in [0.4, 0.5) is 0 Å². The van der Waals surface area contributed by atoms with Gasteiger partial charge >= 0.3 is 0 Å². The van der Waals surface area contributed by atoms with Gasteiger partial charge in [-0.05, 0) is 63.2 Å². The maximum atomic E-state index is 12.3. The molecule has 136 valence electrons. The highest BCUT2D eigenvalue weighted by Gasteiger charge is 2.29. The number of carbonyl (C=O) groups is 1. The Bertz CT molecular complexity index is 345. The van der Waals surface area contributed by atoms with Crippen molar-refractivity contribution in [3.8, 4) is 0 Å². The molecule has 1 aliphatic carbocycles. The third-order valence-corrected chi connectivity index (χ3v) is 5.81. The molecule has 2 rings (SSSR count). The monoisotopic (exact) mass is 345 g/mol. The molecule has 4 nitrogen and oxygen atoms in total. The number of halogens is 1. The van der Waals surface area contributed by atoms with Crippen LogP contribution in [-0.4, -0.2) is 49.6 Å². The summed E-state index contributed by atoms with van der Waals surface area (Å²) in [4.78, 5) is 14.6. The van der Waals surface area contributed by atoms with Gasteiger partial charge in [0.05, 0.1) is 6.54 Å². The standard InChI is InChI=1S/C18H35N3O.ClH/c1-4-19-12-16-8-10-21(11-9-16)13-18(22)20-17-7-5-6-14(2)15(17)3;/h14-17,19H,4-13H2,1-3H3,(H,20,22);1H. The maximum Gasteiger partial charge on any atom is 0.234 e. The van der Waals surface area contributed by atoms with Crippen molar-refractivity contribution < 1.29 is 4.79 Å². The molecule has 2 N–H and O–H groups in total. The van der Waals surface area contributed by atoms with Crippen LogP contribution in [0.5, 0.6) is 0 Å². The highest BCUT2D eigenvalue weighted by molar-refractivity contribution is 5.85. The van der Waals surface area contributed by atoms with Gasteiger partial charge in [0.25, 0.3) is 0 Å². The topological polar surface area (TPSA) is 44.4 Å². The predicted octanol–water partition coefficient (Wildman–Crippen LogP) is 2.67. The largest absolute Gasteiger partial charge is 0.352 e. The van der Waals surface area contributed by atoms with Crippen LogP contribution in [0.15, 0.2) is 0 Å². The summed E-state index contributed by atoms with van der Waals surface area (Å²) in [6.45, 7) is 11.7. The Labute approximate surface area is 148 Å². The summed E-state index contributed by atoms with van der Waals surface area (Å²) in [5.41, 5.74) is 0. The third-order valence-electron chi connectivity index (χ3n) is 5.81. The molecule has 0 radical (unpaired) electrons. The summed E-state index contributed by atoms with van der Waals surface area (Å²) < 4.78 is 0. The third kappa shape index (κ3) is 6.60. The Morgan fingerprint density at radius 3 is 2.48 bits per heavy atom. The first-order chi connectivity index (χ1) is 10.6. The molecule has 0 aromatic carbocycles. The van der Waals surface area contributed by atoms with Crippen molar-refractivity contribution in [1.29, 1.82) is 0 Å². The van der Waals surface area contributed by atoms with Gasteiger partial charge in [-0.15, -0.1) is 12.4 Å². The van der Waals surface area contributed by atoms with Crippen LogP contribution in [-0.2, 0) is 4.79 Å². The van der Waals surface area contributed by atoms with Gasteiger partial charge in [0.2, 0.25) is 5.91 Å². The van der Waals surface area contributed by atoms with E-state index in [1.165, 1.54) is 25.7 Å². The lowest BCUT2D eigenvalue weighted by Gasteiger charge is -2.36. The highest BCUT2D eigenvalue weighted by atomic mass is 35.5. The summed E-state index contributed by atoms with van der Waals surface area (Å²) in [6, 6.07) is 0.391. The summed E-state index contributed by atoms with van der Waals surface area (Å²) >= 11 is 0. The van der Waals surface area contributed by atoms with Gasteiger partial charge in [-0.2, -0.15) is 0 Å². The predicted molar refractivity (Wildman–Crippen MR) is 99.1 cm³/mol. The molecule has 2 fully saturated rings. The first-order valence-electron chi connectivity index (χ1n) is 9.32. The SMILES string of the molecule is CCNCC1CCN(CC(=O)NC2CCCC(C)C2C)CC1.Cl. The van der Waals surface area contributed by atoms with Crippen molar-refractivity contribution in [3.63, 3.8) is 0 Å². The molecular formula is C18H36ClN3O. The van der Waals surface area contributed by atoms with Crippen LogP contribution in [0.3, 0.4) is 0 Å². The van der Waals surface area contributed by atoms with E-state index < -0.39 is 0 Å². The van der Waals surface area contributed by atoms with E-state index in [1.54, 1.807) is 0 Å². The quantitative estimate of drug-likeness (QED) is 0.778.